The second-order valence-corrected chi connectivity index (χ2v) is 6.29. The summed E-state index contributed by atoms with van der Waals surface area (Å²) in [6.45, 7) is 1.97. The van der Waals surface area contributed by atoms with Crippen molar-refractivity contribution in [2.75, 3.05) is 19.7 Å². The van der Waals surface area contributed by atoms with Crippen LogP contribution in [0.3, 0.4) is 0 Å². The Morgan fingerprint density at radius 2 is 1.68 bits per heavy atom. The Morgan fingerprint density at radius 3 is 2.32 bits per heavy atom. The number of carbonyl (C=O) groups is 1. The van der Waals surface area contributed by atoms with Gasteiger partial charge in [-0.15, -0.1) is 0 Å². The third kappa shape index (κ3) is 4.94. The van der Waals surface area contributed by atoms with Gasteiger partial charge in [0.1, 0.15) is 5.75 Å². The highest BCUT2D eigenvalue weighted by Gasteiger charge is 2.16. The maximum atomic E-state index is 12.0. The minimum absolute atomic E-state index is 0.249. The molecule has 0 amide bonds. The van der Waals surface area contributed by atoms with Crippen LogP contribution in [-0.4, -0.2) is 35.7 Å². The lowest BCUT2D eigenvalue weighted by molar-refractivity contribution is -0.129. The molecule has 3 rings (SSSR count). The second kappa shape index (κ2) is 8.49. The fourth-order valence-electron chi connectivity index (χ4n) is 2.95. The molecule has 1 aliphatic heterocycles. The first-order chi connectivity index (χ1) is 12.2. The van der Waals surface area contributed by atoms with Gasteiger partial charge in [0.05, 0.1) is 0 Å². The molecule has 1 heterocycles. The van der Waals surface area contributed by atoms with E-state index in [1.54, 1.807) is 18.3 Å². The van der Waals surface area contributed by atoms with Crippen LogP contribution >= 0.6 is 0 Å². The SMILES string of the molecule is O=C(C=CN1CCC(CO)CC1)Oc1ccc(-c2ccccc2)cc1. The van der Waals surface area contributed by atoms with Gasteiger partial charge in [-0.2, -0.15) is 0 Å². The van der Waals surface area contributed by atoms with E-state index in [2.05, 4.69) is 4.90 Å². The molecule has 0 aromatic heterocycles. The summed E-state index contributed by atoms with van der Waals surface area (Å²) < 4.78 is 5.35. The first-order valence-electron chi connectivity index (χ1n) is 8.65. The van der Waals surface area contributed by atoms with Crippen molar-refractivity contribution < 1.29 is 14.6 Å². The number of piperidine rings is 1. The molecular weight excluding hydrogens is 314 g/mol. The Hall–Kier alpha value is -2.59. The van der Waals surface area contributed by atoms with Crippen molar-refractivity contribution in [2.45, 2.75) is 12.8 Å². The predicted octanol–water partition coefficient (Wildman–Crippen LogP) is 3.48. The van der Waals surface area contributed by atoms with Gasteiger partial charge < -0.3 is 14.7 Å². The van der Waals surface area contributed by atoms with Gasteiger partial charge in [-0.3, -0.25) is 0 Å². The van der Waals surface area contributed by atoms with Gasteiger partial charge in [-0.1, -0.05) is 42.5 Å². The number of nitrogens with zero attached hydrogens (tertiary/aromatic N) is 1. The normalized spacial score (nSPS) is 15.5. The average Bonchev–Trinajstić information content (AvgIpc) is 2.68. The number of aliphatic hydroxyl groups excluding tert-OH is 1. The van der Waals surface area contributed by atoms with E-state index in [0.29, 0.717) is 11.7 Å². The van der Waals surface area contributed by atoms with E-state index in [4.69, 9.17) is 9.84 Å². The van der Waals surface area contributed by atoms with Crippen molar-refractivity contribution in [1.29, 1.82) is 0 Å². The summed E-state index contributed by atoms with van der Waals surface area (Å²) in [5.74, 6) is 0.546. The Bertz CT molecular complexity index is 702. The topological polar surface area (TPSA) is 49.8 Å². The zero-order chi connectivity index (χ0) is 17.5. The number of rotatable bonds is 5. The van der Waals surface area contributed by atoms with E-state index in [9.17, 15) is 4.79 Å². The summed E-state index contributed by atoms with van der Waals surface area (Å²) >= 11 is 0. The van der Waals surface area contributed by atoms with Crippen LogP contribution in [0.5, 0.6) is 5.75 Å². The minimum Gasteiger partial charge on any atom is -0.423 e. The van der Waals surface area contributed by atoms with Crippen LogP contribution in [0.25, 0.3) is 11.1 Å². The van der Waals surface area contributed by atoms with E-state index in [-0.39, 0.29) is 12.6 Å². The van der Waals surface area contributed by atoms with E-state index < -0.39 is 0 Å². The number of likely N-dealkylation sites (tertiary alicyclic amines) is 1. The third-order valence-electron chi connectivity index (χ3n) is 4.51. The van der Waals surface area contributed by atoms with Gasteiger partial charge in [-0.25, -0.2) is 4.79 Å². The molecule has 0 spiro atoms. The molecular formula is C21H23NO3. The molecule has 0 saturated carbocycles. The molecule has 0 radical (unpaired) electrons. The van der Waals surface area contributed by atoms with Gasteiger partial charge in [0.25, 0.3) is 0 Å². The predicted molar refractivity (Wildman–Crippen MR) is 98.0 cm³/mol. The lowest BCUT2D eigenvalue weighted by Crippen LogP contribution is -2.31. The highest BCUT2D eigenvalue weighted by atomic mass is 16.5. The van der Waals surface area contributed by atoms with Crippen LogP contribution in [-0.2, 0) is 4.79 Å². The average molecular weight is 337 g/mol. The highest BCUT2D eigenvalue weighted by Crippen LogP contribution is 2.22. The molecule has 1 N–H and O–H groups in total. The third-order valence-corrected chi connectivity index (χ3v) is 4.51. The first kappa shape index (κ1) is 17.2. The lowest BCUT2D eigenvalue weighted by Gasteiger charge is -2.29. The molecule has 0 atom stereocenters. The molecule has 0 unspecified atom stereocenters. The standard InChI is InChI=1S/C21H23NO3/c23-16-17-10-13-22(14-11-17)15-12-21(24)25-20-8-6-19(7-9-20)18-4-2-1-3-5-18/h1-9,12,15,17,23H,10-11,13-14,16H2. The van der Waals surface area contributed by atoms with Crippen LogP contribution in [0.4, 0.5) is 0 Å². The van der Waals surface area contributed by atoms with Gasteiger partial charge >= 0.3 is 5.97 Å². The molecule has 25 heavy (non-hydrogen) atoms. The Morgan fingerprint density at radius 1 is 1.04 bits per heavy atom. The Labute approximate surface area is 148 Å². The first-order valence-corrected chi connectivity index (χ1v) is 8.65. The number of esters is 1. The summed E-state index contributed by atoms with van der Waals surface area (Å²) in [4.78, 5) is 14.0. The number of ether oxygens (including phenoxy) is 1. The molecule has 4 heteroatoms. The molecule has 1 aliphatic rings. The van der Waals surface area contributed by atoms with Crippen molar-refractivity contribution in [2.24, 2.45) is 5.92 Å². The van der Waals surface area contributed by atoms with Crippen molar-refractivity contribution in [3.05, 3.63) is 66.9 Å². The van der Waals surface area contributed by atoms with Gasteiger partial charge in [0, 0.05) is 32.0 Å². The molecule has 1 fully saturated rings. The van der Waals surface area contributed by atoms with E-state index in [0.717, 1.165) is 37.1 Å². The number of carbonyl (C=O) groups excluding carboxylic acids is 1. The van der Waals surface area contributed by atoms with Crippen LogP contribution in [0.1, 0.15) is 12.8 Å². The fourth-order valence-corrected chi connectivity index (χ4v) is 2.95. The zero-order valence-electron chi connectivity index (χ0n) is 14.2. The van der Waals surface area contributed by atoms with Crippen molar-refractivity contribution in [1.82, 2.24) is 4.90 Å². The van der Waals surface area contributed by atoms with E-state index >= 15 is 0 Å². The summed E-state index contributed by atoms with van der Waals surface area (Å²) in [5, 5.41) is 9.14. The van der Waals surface area contributed by atoms with Gasteiger partial charge in [-0.05, 0) is 42.0 Å². The zero-order valence-corrected chi connectivity index (χ0v) is 14.2. The molecule has 130 valence electrons. The summed E-state index contributed by atoms with van der Waals surface area (Å²) in [7, 11) is 0. The molecule has 0 aliphatic carbocycles. The highest BCUT2D eigenvalue weighted by molar-refractivity contribution is 5.84. The molecule has 0 bridgehead atoms. The smallest absolute Gasteiger partial charge is 0.337 e. The fraction of sp³-hybridized carbons (Fsp3) is 0.286. The summed E-state index contributed by atoms with van der Waals surface area (Å²) in [6, 6.07) is 17.6. The number of aliphatic hydroxyl groups is 1. The van der Waals surface area contributed by atoms with Crippen LogP contribution < -0.4 is 4.74 Å². The Balaban J connectivity index is 1.52. The minimum atomic E-state index is -0.378. The number of benzene rings is 2. The van der Waals surface area contributed by atoms with Crippen molar-refractivity contribution in [3.63, 3.8) is 0 Å². The summed E-state index contributed by atoms with van der Waals surface area (Å²) in [6.07, 6.45) is 5.16. The lowest BCUT2D eigenvalue weighted by atomic mass is 9.98. The van der Waals surface area contributed by atoms with Crippen LogP contribution in [0.15, 0.2) is 66.9 Å². The second-order valence-electron chi connectivity index (χ2n) is 6.29. The maximum Gasteiger partial charge on any atom is 0.337 e. The van der Waals surface area contributed by atoms with Gasteiger partial charge in [0.15, 0.2) is 0 Å². The van der Waals surface area contributed by atoms with E-state index in [1.807, 2.05) is 42.5 Å². The summed E-state index contributed by atoms with van der Waals surface area (Å²) in [5.41, 5.74) is 2.22. The van der Waals surface area contributed by atoms with Crippen molar-refractivity contribution >= 4 is 5.97 Å². The Kier molecular flexibility index (Phi) is 5.86. The molecule has 2 aromatic rings. The van der Waals surface area contributed by atoms with Gasteiger partial charge in [0.2, 0.25) is 0 Å². The quantitative estimate of drug-likeness (QED) is 0.516. The largest absolute Gasteiger partial charge is 0.423 e. The monoisotopic (exact) mass is 337 g/mol. The molecule has 4 nitrogen and oxygen atoms in total. The number of hydrogen-bond donors (Lipinski definition) is 1. The van der Waals surface area contributed by atoms with Crippen molar-refractivity contribution in [3.8, 4) is 16.9 Å². The van der Waals surface area contributed by atoms with E-state index in [1.165, 1.54) is 6.08 Å². The maximum absolute atomic E-state index is 12.0. The van der Waals surface area contributed by atoms with Crippen LogP contribution in [0, 0.1) is 5.92 Å². The number of hydrogen-bond acceptors (Lipinski definition) is 4. The molecule has 2 aromatic carbocycles. The molecule has 1 saturated heterocycles. The van der Waals surface area contributed by atoms with Crippen LogP contribution in [0.2, 0.25) is 0 Å².